The molecule has 3 fully saturated rings. The van der Waals surface area contributed by atoms with Gasteiger partial charge in [0.2, 0.25) is 11.8 Å². The van der Waals surface area contributed by atoms with Crippen LogP contribution in [-0.2, 0) is 9.59 Å². The fraction of sp³-hybridized carbons (Fsp3) is 0.875. The smallest absolute Gasteiger partial charge is 0.246 e. The fourth-order valence-electron chi connectivity index (χ4n) is 3.64. The van der Waals surface area contributed by atoms with Gasteiger partial charge in [-0.15, -0.1) is 0 Å². The molecule has 3 unspecified atom stereocenters. The maximum atomic E-state index is 12.9. The molecule has 3 aliphatic rings. The summed E-state index contributed by atoms with van der Waals surface area (Å²) in [6, 6.07) is 0.179. The van der Waals surface area contributed by atoms with Gasteiger partial charge in [-0.1, -0.05) is 20.8 Å². The molecular formula is C16H27N3O2. The Bertz CT molecular complexity index is 453. The van der Waals surface area contributed by atoms with Gasteiger partial charge in [0.15, 0.2) is 0 Å². The quantitative estimate of drug-likeness (QED) is 0.826. The van der Waals surface area contributed by atoms with Gasteiger partial charge in [0, 0.05) is 25.2 Å². The lowest BCUT2D eigenvalue weighted by Gasteiger charge is -2.44. The number of nitrogens with zero attached hydrogens (tertiary/aromatic N) is 2. The maximum absolute atomic E-state index is 12.9. The predicted molar refractivity (Wildman–Crippen MR) is 80.7 cm³/mol. The molecule has 1 N–H and O–H groups in total. The Balaban J connectivity index is 1.78. The van der Waals surface area contributed by atoms with E-state index in [0.717, 1.165) is 25.6 Å². The lowest BCUT2D eigenvalue weighted by Crippen LogP contribution is -2.68. The van der Waals surface area contributed by atoms with E-state index >= 15 is 0 Å². The number of nitrogens with one attached hydrogen (secondary N) is 1. The minimum atomic E-state index is -0.406. The molecule has 0 radical (unpaired) electrons. The highest BCUT2D eigenvalue weighted by Gasteiger charge is 2.48. The highest BCUT2D eigenvalue weighted by molar-refractivity contribution is 5.97. The topological polar surface area (TPSA) is 52.7 Å². The summed E-state index contributed by atoms with van der Waals surface area (Å²) in [5, 5.41) is 2.91. The van der Waals surface area contributed by atoms with Crippen LogP contribution in [0.5, 0.6) is 0 Å². The van der Waals surface area contributed by atoms with E-state index in [2.05, 4.69) is 10.2 Å². The van der Waals surface area contributed by atoms with E-state index in [1.807, 2.05) is 32.6 Å². The molecule has 1 aliphatic carbocycles. The van der Waals surface area contributed by atoms with Crippen molar-refractivity contribution >= 4 is 11.8 Å². The third-order valence-corrected chi connectivity index (χ3v) is 5.10. The predicted octanol–water partition coefficient (Wildman–Crippen LogP) is 0.985. The molecule has 0 aromatic rings. The minimum Gasteiger partial charge on any atom is -0.342 e. The molecule has 2 saturated heterocycles. The average Bonchev–Trinajstić information content (AvgIpc) is 3.13. The number of hydrogen-bond acceptors (Lipinski definition) is 3. The Hall–Kier alpha value is -1.10. The number of rotatable bonds is 2. The monoisotopic (exact) mass is 293 g/mol. The van der Waals surface area contributed by atoms with Crippen LogP contribution >= 0.6 is 0 Å². The maximum Gasteiger partial charge on any atom is 0.246 e. The molecule has 2 heterocycles. The summed E-state index contributed by atoms with van der Waals surface area (Å²) in [4.78, 5) is 29.5. The number of carbonyl (C=O) groups excluding carboxylic acids is 2. The number of carbonyl (C=O) groups is 2. The Kier molecular flexibility index (Phi) is 3.51. The second-order valence-corrected chi connectivity index (χ2v) is 7.90. The van der Waals surface area contributed by atoms with Gasteiger partial charge in [0.05, 0.1) is 0 Å². The third-order valence-electron chi connectivity index (χ3n) is 5.10. The molecule has 0 spiro atoms. The van der Waals surface area contributed by atoms with Crippen LogP contribution in [0.3, 0.4) is 0 Å². The van der Waals surface area contributed by atoms with Crippen molar-refractivity contribution in [1.82, 2.24) is 15.1 Å². The van der Waals surface area contributed by atoms with Crippen LogP contribution in [0.1, 0.15) is 47.0 Å². The summed E-state index contributed by atoms with van der Waals surface area (Å²) >= 11 is 0. The Labute approximate surface area is 127 Å². The van der Waals surface area contributed by atoms with Crippen LogP contribution in [0.15, 0.2) is 0 Å². The average molecular weight is 293 g/mol. The molecule has 2 aliphatic heterocycles. The van der Waals surface area contributed by atoms with E-state index in [9.17, 15) is 9.59 Å². The number of amides is 2. The van der Waals surface area contributed by atoms with Gasteiger partial charge in [0.25, 0.3) is 0 Å². The van der Waals surface area contributed by atoms with Gasteiger partial charge in [-0.25, -0.2) is 0 Å². The summed E-state index contributed by atoms with van der Waals surface area (Å²) in [7, 11) is 0. The van der Waals surface area contributed by atoms with Gasteiger partial charge in [-0.3, -0.25) is 14.5 Å². The Morgan fingerprint density at radius 2 is 1.76 bits per heavy atom. The van der Waals surface area contributed by atoms with Crippen LogP contribution in [0.25, 0.3) is 0 Å². The molecule has 2 amide bonds. The summed E-state index contributed by atoms with van der Waals surface area (Å²) in [6.07, 6.45) is 3.58. The van der Waals surface area contributed by atoms with Crippen molar-refractivity contribution in [3.63, 3.8) is 0 Å². The highest BCUT2D eigenvalue weighted by atomic mass is 16.2. The van der Waals surface area contributed by atoms with E-state index in [4.69, 9.17) is 0 Å². The molecule has 5 heteroatoms. The number of piperazine rings is 1. The first-order valence-electron chi connectivity index (χ1n) is 8.15. The lowest BCUT2D eigenvalue weighted by atomic mass is 9.83. The normalized spacial score (nSPS) is 35.2. The van der Waals surface area contributed by atoms with Crippen molar-refractivity contribution < 1.29 is 9.59 Å². The van der Waals surface area contributed by atoms with E-state index < -0.39 is 6.04 Å². The molecule has 0 aromatic carbocycles. The Morgan fingerprint density at radius 3 is 2.33 bits per heavy atom. The molecule has 0 aromatic heterocycles. The van der Waals surface area contributed by atoms with E-state index in [1.54, 1.807) is 0 Å². The second kappa shape index (κ2) is 4.97. The molecular weight excluding hydrogens is 266 g/mol. The molecule has 0 bridgehead atoms. The van der Waals surface area contributed by atoms with Crippen molar-refractivity contribution in [3.05, 3.63) is 0 Å². The summed E-state index contributed by atoms with van der Waals surface area (Å²) in [6.45, 7) is 9.88. The molecule has 1 saturated carbocycles. The van der Waals surface area contributed by atoms with Crippen LogP contribution < -0.4 is 5.32 Å². The lowest BCUT2D eigenvalue weighted by molar-refractivity contribution is -0.154. The Morgan fingerprint density at radius 1 is 1.10 bits per heavy atom. The highest BCUT2D eigenvalue weighted by Crippen LogP contribution is 2.33. The summed E-state index contributed by atoms with van der Waals surface area (Å²) in [5.41, 5.74) is -0.250. The molecule has 3 rings (SSSR count). The zero-order chi connectivity index (χ0) is 15.4. The van der Waals surface area contributed by atoms with Gasteiger partial charge >= 0.3 is 0 Å². The van der Waals surface area contributed by atoms with Gasteiger partial charge in [-0.05, 0) is 31.6 Å². The van der Waals surface area contributed by atoms with Crippen molar-refractivity contribution in [1.29, 1.82) is 0 Å². The molecule has 21 heavy (non-hydrogen) atoms. The SMILES string of the molecule is CC1C(=O)NC(C(C)(C)C)C(=O)N1C1CCN(C2CC2)C1. The van der Waals surface area contributed by atoms with Crippen molar-refractivity contribution in [2.45, 2.75) is 71.1 Å². The van der Waals surface area contributed by atoms with Crippen LogP contribution in [0.4, 0.5) is 0 Å². The number of likely N-dealkylation sites (tertiary alicyclic amines) is 1. The first-order valence-corrected chi connectivity index (χ1v) is 8.15. The van der Waals surface area contributed by atoms with Crippen LogP contribution in [0, 0.1) is 5.41 Å². The standard InChI is InChI=1S/C16H27N3O2/c1-10-14(20)17-13(16(2,3)4)15(21)19(10)12-7-8-18(9-12)11-5-6-11/h10-13H,5-9H2,1-4H3,(H,17,20). The molecule has 5 nitrogen and oxygen atoms in total. The van der Waals surface area contributed by atoms with Gasteiger partial charge in [-0.2, -0.15) is 0 Å². The largest absolute Gasteiger partial charge is 0.342 e. The third kappa shape index (κ3) is 2.68. The van der Waals surface area contributed by atoms with Gasteiger partial charge < -0.3 is 10.2 Å². The van der Waals surface area contributed by atoms with Crippen molar-refractivity contribution in [2.75, 3.05) is 13.1 Å². The van der Waals surface area contributed by atoms with E-state index in [1.165, 1.54) is 12.8 Å². The second-order valence-electron chi connectivity index (χ2n) is 7.90. The summed E-state index contributed by atoms with van der Waals surface area (Å²) < 4.78 is 0. The van der Waals surface area contributed by atoms with E-state index in [0.29, 0.717) is 0 Å². The van der Waals surface area contributed by atoms with E-state index in [-0.39, 0.29) is 29.3 Å². The first kappa shape index (κ1) is 14.8. The molecule has 118 valence electrons. The first-order chi connectivity index (χ1) is 9.79. The zero-order valence-electron chi connectivity index (χ0n) is 13.6. The minimum absolute atomic E-state index is 0.0144. The summed E-state index contributed by atoms with van der Waals surface area (Å²) in [5.74, 6) is 0.0802. The van der Waals surface area contributed by atoms with Crippen LogP contribution in [0.2, 0.25) is 0 Å². The van der Waals surface area contributed by atoms with Gasteiger partial charge in [0.1, 0.15) is 12.1 Å². The van der Waals surface area contributed by atoms with Crippen LogP contribution in [-0.4, -0.2) is 58.9 Å². The van der Waals surface area contributed by atoms with Crippen molar-refractivity contribution in [2.24, 2.45) is 5.41 Å². The fourth-order valence-corrected chi connectivity index (χ4v) is 3.64. The van der Waals surface area contributed by atoms with Crippen molar-refractivity contribution in [3.8, 4) is 0 Å². The number of hydrogen-bond donors (Lipinski definition) is 1. The molecule has 3 atom stereocenters. The zero-order valence-corrected chi connectivity index (χ0v) is 13.6.